The second-order valence-electron chi connectivity index (χ2n) is 5.61. The highest BCUT2D eigenvalue weighted by Crippen LogP contribution is 2.32. The first kappa shape index (κ1) is 14.3. The Bertz CT molecular complexity index is 327. The Hall–Kier alpha value is -1.10. The molecule has 1 heterocycles. The Morgan fingerprint density at radius 1 is 1.05 bits per heavy atom. The first-order valence-corrected chi connectivity index (χ1v) is 7.50. The van der Waals surface area contributed by atoms with Gasteiger partial charge >= 0.3 is 0 Å². The lowest BCUT2D eigenvalue weighted by atomic mass is 9.78. The molecule has 1 aliphatic heterocycles. The number of carbonyl (C=O) groups is 2. The van der Waals surface area contributed by atoms with E-state index in [9.17, 15) is 9.59 Å². The van der Waals surface area contributed by atoms with Crippen LogP contribution in [0.2, 0.25) is 0 Å². The molecule has 1 aliphatic carbocycles. The lowest BCUT2D eigenvalue weighted by molar-refractivity contribution is -0.142. The molecule has 3 N–H and O–H groups in total. The van der Waals surface area contributed by atoms with Crippen molar-refractivity contribution in [1.82, 2.24) is 10.2 Å². The Balaban J connectivity index is 1.98. The van der Waals surface area contributed by atoms with Crippen LogP contribution >= 0.6 is 0 Å². The Morgan fingerprint density at radius 3 is 2.32 bits per heavy atom. The molecule has 5 heteroatoms. The maximum atomic E-state index is 12.5. The summed E-state index contributed by atoms with van der Waals surface area (Å²) in [5.74, 6) is -0.0363. The minimum atomic E-state index is -0.145. The van der Waals surface area contributed by atoms with E-state index in [1.165, 1.54) is 0 Å². The molecule has 2 amide bonds. The van der Waals surface area contributed by atoms with Crippen molar-refractivity contribution in [2.75, 3.05) is 26.2 Å². The van der Waals surface area contributed by atoms with Gasteiger partial charge in [0.05, 0.1) is 0 Å². The molecule has 0 aromatic heterocycles. The Labute approximate surface area is 114 Å². The summed E-state index contributed by atoms with van der Waals surface area (Å²) in [6.45, 7) is 2.68. The van der Waals surface area contributed by atoms with E-state index in [1.54, 1.807) is 0 Å². The number of rotatable bonds is 4. The highest BCUT2D eigenvalue weighted by molar-refractivity contribution is 5.88. The van der Waals surface area contributed by atoms with Gasteiger partial charge in [0.1, 0.15) is 0 Å². The van der Waals surface area contributed by atoms with Gasteiger partial charge in [0.15, 0.2) is 0 Å². The van der Waals surface area contributed by atoms with Crippen LogP contribution in [-0.2, 0) is 9.59 Å². The summed E-state index contributed by atoms with van der Waals surface area (Å²) in [5, 5.41) is 2.84. The number of nitrogens with two attached hydrogens (primary N) is 1. The summed E-state index contributed by atoms with van der Waals surface area (Å²) in [7, 11) is 0. The third-order valence-corrected chi connectivity index (χ3v) is 4.28. The van der Waals surface area contributed by atoms with E-state index in [4.69, 9.17) is 5.73 Å². The van der Waals surface area contributed by atoms with Gasteiger partial charge in [-0.15, -0.1) is 0 Å². The van der Waals surface area contributed by atoms with Crippen LogP contribution in [0.15, 0.2) is 0 Å². The van der Waals surface area contributed by atoms with Crippen molar-refractivity contribution in [2.24, 2.45) is 17.6 Å². The van der Waals surface area contributed by atoms with E-state index >= 15 is 0 Å². The van der Waals surface area contributed by atoms with Gasteiger partial charge in [-0.3, -0.25) is 9.59 Å². The van der Waals surface area contributed by atoms with Crippen LogP contribution < -0.4 is 11.1 Å². The standard InChI is InChI=1S/C14H25N3O2/c15-7-8-16-13(18)11-5-1-2-6-12(11)14(19)17-9-3-4-10-17/h11-12H,1-10,15H2,(H,16,18). The fraction of sp³-hybridized carbons (Fsp3) is 0.857. The van der Waals surface area contributed by atoms with Crippen molar-refractivity contribution in [1.29, 1.82) is 0 Å². The molecule has 2 aliphatic rings. The molecule has 0 aromatic carbocycles. The molecule has 2 atom stereocenters. The van der Waals surface area contributed by atoms with Crippen LogP contribution in [0.4, 0.5) is 0 Å². The predicted octanol–water partition coefficient (Wildman–Crippen LogP) is 0.490. The van der Waals surface area contributed by atoms with Crippen molar-refractivity contribution in [3.05, 3.63) is 0 Å². The fourth-order valence-corrected chi connectivity index (χ4v) is 3.24. The minimum absolute atomic E-state index is 0.0164. The highest BCUT2D eigenvalue weighted by atomic mass is 16.2. The predicted molar refractivity (Wildman–Crippen MR) is 73.3 cm³/mol. The van der Waals surface area contributed by atoms with Crippen LogP contribution in [0.25, 0.3) is 0 Å². The third-order valence-electron chi connectivity index (χ3n) is 4.28. The summed E-state index contributed by atoms with van der Waals surface area (Å²) in [4.78, 5) is 26.6. The van der Waals surface area contributed by atoms with Crippen LogP contribution in [0.5, 0.6) is 0 Å². The largest absolute Gasteiger partial charge is 0.355 e. The maximum absolute atomic E-state index is 12.5. The van der Waals surface area contributed by atoms with Crippen molar-refractivity contribution in [3.63, 3.8) is 0 Å². The van der Waals surface area contributed by atoms with Gasteiger partial charge in [-0.1, -0.05) is 12.8 Å². The van der Waals surface area contributed by atoms with Crippen molar-refractivity contribution < 1.29 is 9.59 Å². The second kappa shape index (κ2) is 6.89. The fourth-order valence-electron chi connectivity index (χ4n) is 3.24. The minimum Gasteiger partial charge on any atom is -0.355 e. The normalized spacial score (nSPS) is 27.3. The van der Waals surface area contributed by atoms with E-state index in [2.05, 4.69) is 5.32 Å². The molecule has 0 spiro atoms. The molecule has 2 fully saturated rings. The smallest absolute Gasteiger partial charge is 0.226 e. The summed E-state index contributed by atoms with van der Waals surface area (Å²) in [6.07, 6.45) is 6.00. The van der Waals surface area contributed by atoms with Gasteiger partial charge in [0.25, 0.3) is 0 Å². The number of hydrogen-bond donors (Lipinski definition) is 2. The van der Waals surface area contributed by atoms with Gasteiger partial charge in [-0.25, -0.2) is 0 Å². The molecule has 0 bridgehead atoms. The van der Waals surface area contributed by atoms with Gasteiger partial charge < -0.3 is 16.0 Å². The number of nitrogens with one attached hydrogen (secondary N) is 1. The molecule has 0 aromatic rings. The summed E-state index contributed by atoms with van der Waals surface area (Å²) >= 11 is 0. The molecule has 1 saturated carbocycles. The van der Waals surface area contributed by atoms with Gasteiger partial charge in [0, 0.05) is 38.0 Å². The van der Waals surface area contributed by atoms with Crippen molar-refractivity contribution in [2.45, 2.75) is 38.5 Å². The van der Waals surface area contributed by atoms with Gasteiger partial charge in [0.2, 0.25) is 11.8 Å². The molecule has 1 saturated heterocycles. The molecular weight excluding hydrogens is 242 g/mol. The number of hydrogen-bond acceptors (Lipinski definition) is 3. The second-order valence-corrected chi connectivity index (χ2v) is 5.61. The van der Waals surface area contributed by atoms with Crippen LogP contribution in [-0.4, -0.2) is 42.9 Å². The van der Waals surface area contributed by atoms with E-state index in [-0.39, 0.29) is 23.7 Å². The molecule has 0 radical (unpaired) electrons. The number of nitrogens with zero attached hydrogens (tertiary/aromatic N) is 1. The number of likely N-dealkylation sites (tertiary alicyclic amines) is 1. The van der Waals surface area contributed by atoms with Crippen molar-refractivity contribution >= 4 is 11.8 Å². The Morgan fingerprint density at radius 2 is 1.68 bits per heavy atom. The average molecular weight is 267 g/mol. The number of carbonyl (C=O) groups excluding carboxylic acids is 2. The van der Waals surface area contributed by atoms with Gasteiger partial charge in [-0.05, 0) is 25.7 Å². The summed E-state index contributed by atoms with van der Waals surface area (Å²) in [6, 6.07) is 0. The summed E-state index contributed by atoms with van der Waals surface area (Å²) < 4.78 is 0. The first-order chi connectivity index (χ1) is 9.24. The third kappa shape index (κ3) is 3.47. The zero-order chi connectivity index (χ0) is 13.7. The molecular formula is C14H25N3O2. The van der Waals surface area contributed by atoms with E-state index in [0.29, 0.717) is 13.1 Å². The van der Waals surface area contributed by atoms with E-state index in [1.807, 2.05) is 4.90 Å². The lowest BCUT2D eigenvalue weighted by Gasteiger charge is -2.32. The molecule has 5 nitrogen and oxygen atoms in total. The maximum Gasteiger partial charge on any atom is 0.226 e. The highest BCUT2D eigenvalue weighted by Gasteiger charge is 2.38. The topological polar surface area (TPSA) is 75.4 Å². The first-order valence-electron chi connectivity index (χ1n) is 7.50. The van der Waals surface area contributed by atoms with E-state index in [0.717, 1.165) is 51.6 Å². The quantitative estimate of drug-likeness (QED) is 0.778. The van der Waals surface area contributed by atoms with E-state index < -0.39 is 0 Å². The zero-order valence-corrected chi connectivity index (χ0v) is 11.6. The van der Waals surface area contributed by atoms with Crippen LogP contribution in [0, 0.1) is 11.8 Å². The number of amides is 2. The van der Waals surface area contributed by atoms with Crippen molar-refractivity contribution in [3.8, 4) is 0 Å². The Kier molecular flexibility index (Phi) is 5.19. The summed E-state index contributed by atoms with van der Waals surface area (Å²) in [5.41, 5.74) is 5.41. The lowest BCUT2D eigenvalue weighted by Crippen LogP contribution is -2.45. The molecule has 19 heavy (non-hydrogen) atoms. The van der Waals surface area contributed by atoms with Crippen LogP contribution in [0.1, 0.15) is 38.5 Å². The monoisotopic (exact) mass is 267 g/mol. The SMILES string of the molecule is NCCNC(=O)C1CCCCC1C(=O)N1CCCC1. The zero-order valence-electron chi connectivity index (χ0n) is 11.6. The molecule has 2 rings (SSSR count). The van der Waals surface area contributed by atoms with Crippen LogP contribution in [0.3, 0.4) is 0 Å². The molecule has 108 valence electrons. The van der Waals surface area contributed by atoms with Gasteiger partial charge in [-0.2, -0.15) is 0 Å². The average Bonchev–Trinajstić information content (AvgIpc) is 2.98. The molecule has 2 unspecified atom stereocenters.